The molecule has 0 unspecified atom stereocenters. The molecule has 0 N–H and O–H groups in total. The van der Waals surface area contributed by atoms with Crippen LogP contribution < -0.4 is 4.90 Å². The third-order valence-corrected chi connectivity index (χ3v) is 2.82. The Morgan fingerprint density at radius 3 is 2.67 bits per heavy atom. The Labute approximate surface area is 94.8 Å². The summed E-state index contributed by atoms with van der Waals surface area (Å²) in [5.41, 5.74) is 0. The van der Waals surface area contributed by atoms with E-state index < -0.39 is 0 Å². The summed E-state index contributed by atoms with van der Waals surface area (Å²) >= 11 is 6.10. The molecule has 2 rings (SSSR count). The molecule has 0 radical (unpaired) electrons. The zero-order valence-corrected chi connectivity index (χ0v) is 9.87. The summed E-state index contributed by atoms with van der Waals surface area (Å²) in [6.07, 6.45) is 1.71. The van der Waals surface area contributed by atoms with Gasteiger partial charge in [-0.2, -0.15) is 0 Å². The van der Waals surface area contributed by atoms with E-state index in [1.165, 1.54) is 0 Å². The number of halogens is 1. The molecular formula is C10H16ClN3O. The Morgan fingerprint density at radius 1 is 1.40 bits per heavy atom. The van der Waals surface area contributed by atoms with Crippen LogP contribution in [-0.4, -0.2) is 35.9 Å². The topological polar surface area (TPSA) is 30.3 Å². The molecule has 1 aliphatic rings. The fourth-order valence-corrected chi connectivity index (χ4v) is 2.13. The summed E-state index contributed by atoms with van der Waals surface area (Å²) in [5.74, 6) is 0.957. The zero-order chi connectivity index (χ0) is 10.8. The van der Waals surface area contributed by atoms with E-state index in [-0.39, 0.29) is 0 Å². The molecule has 0 aromatic carbocycles. The van der Waals surface area contributed by atoms with E-state index in [1.54, 1.807) is 6.20 Å². The third kappa shape index (κ3) is 2.11. The number of nitrogens with zero attached hydrogens (tertiary/aromatic N) is 3. The fraction of sp³-hybridized carbons (Fsp3) is 0.700. The van der Waals surface area contributed by atoms with E-state index >= 15 is 0 Å². The summed E-state index contributed by atoms with van der Waals surface area (Å²) in [4.78, 5) is 6.58. The average molecular weight is 230 g/mol. The number of hydrogen-bond acceptors (Lipinski definition) is 3. The number of ether oxygens (including phenoxy) is 1. The highest BCUT2D eigenvalue weighted by molar-refractivity contribution is 6.29. The number of morpholine rings is 1. The lowest BCUT2D eigenvalue weighted by Crippen LogP contribution is -2.38. The van der Waals surface area contributed by atoms with Crippen LogP contribution in [0.5, 0.6) is 0 Å². The van der Waals surface area contributed by atoms with Crippen LogP contribution in [0.15, 0.2) is 6.20 Å². The normalized spacial score (nSPS) is 17.5. The second kappa shape index (κ2) is 4.41. The SMILES string of the molecule is CC(C)n1c(Cl)cnc1N1CCOCC1. The molecule has 1 fully saturated rings. The van der Waals surface area contributed by atoms with Gasteiger partial charge in [-0.05, 0) is 13.8 Å². The molecular weight excluding hydrogens is 214 g/mol. The van der Waals surface area contributed by atoms with Gasteiger partial charge in [0, 0.05) is 19.1 Å². The van der Waals surface area contributed by atoms with Crippen LogP contribution >= 0.6 is 11.6 Å². The van der Waals surface area contributed by atoms with E-state index in [4.69, 9.17) is 16.3 Å². The second-order valence-electron chi connectivity index (χ2n) is 3.94. The zero-order valence-electron chi connectivity index (χ0n) is 9.11. The van der Waals surface area contributed by atoms with Gasteiger partial charge in [-0.25, -0.2) is 4.98 Å². The number of hydrogen-bond donors (Lipinski definition) is 0. The van der Waals surface area contributed by atoms with E-state index in [0.29, 0.717) is 11.2 Å². The van der Waals surface area contributed by atoms with Crippen LogP contribution in [0, 0.1) is 0 Å². The minimum absolute atomic E-state index is 0.331. The predicted molar refractivity (Wildman–Crippen MR) is 60.7 cm³/mol. The number of aromatic nitrogens is 2. The van der Waals surface area contributed by atoms with Gasteiger partial charge in [0.05, 0.1) is 19.4 Å². The number of anilines is 1. The van der Waals surface area contributed by atoms with E-state index in [9.17, 15) is 0 Å². The molecule has 0 bridgehead atoms. The van der Waals surface area contributed by atoms with E-state index in [1.807, 2.05) is 4.57 Å². The summed E-state index contributed by atoms with van der Waals surface area (Å²) in [6, 6.07) is 0.331. The van der Waals surface area contributed by atoms with Crippen LogP contribution in [0.25, 0.3) is 0 Å². The molecule has 0 amide bonds. The highest BCUT2D eigenvalue weighted by atomic mass is 35.5. The first-order chi connectivity index (χ1) is 7.20. The van der Waals surface area contributed by atoms with Gasteiger partial charge in [0.25, 0.3) is 0 Å². The van der Waals surface area contributed by atoms with Crippen molar-refractivity contribution in [3.63, 3.8) is 0 Å². The lowest BCUT2D eigenvalue weighted by atomic mass is 10.4. The second-order valence-corrected chi connectivity index (χ2v) is 4.33. The molecule has 0 spiro atoms. The Balaban J connectivity index is 2.26. The first-order valence-corrected chi connectivity index (χ1v) is 5.63. The molecule has 5 heteroatoms. The van der Waals surface area contributed by atoms with Crippen LogP contribution in [0.3, 0.4) is 0 Å². The maximum atomic E-state index is 6.10. The maximum Gasteiger partial charge on any atom is 0.207 e. The van der Waals surface area contributed by atoms with Gasteiger partial charge >= 0.3 is 0 Å². The van der Waals surface area contributed by atoms with Crippen molar-refractivity contribution in [2.45, 2.75) is 19.9 Å². The Kier molecular flexibility index (Phi) is 3.17. The summed E-state index contributed by atoms with van der Waals surface area (Å²) < 4.78 is 7.37. The standard InChI is InChI=1S/C10H16ClN3O/c1-8(2)14-9(11)7-12-10(14)13-3-5-15-6-4-13/h7-8H,3-6H2,1-2H3. The van der Waals surface area contributed by atoms with Gasteiger partial charge < -0.3 is 9.64 Å². The van der Waals surface area contributed by atoms with Gasteiger partial charge in [-0.15, -0.1) is 0 Å². The highest BCUT2D eigenvalue weighted by Gasteiger charge is 2.19. The van der Waals surface area contributed by atoms with Crippen LogP contribution in [0.1, 0.15) is 19.9 Å². The molecule has 2 heterocycles. The van der Waals surface area contributed by atoms with Crippen molar-refractivity contribution in [3.05, 3.63) is 11.3 Å². The van der Waals surface area contributed by atoms with Gasteiger partial charge in [-0.3, -0.25) is 4.57 Å². The van der Waals surface area contributed by atoms with Gasteiger partial charge in [0.1, 0.15) is 5.15 Å². The van der Waals surface area contributed by atoms with E-state index in [2.05, 4.69) is 23.7 Å². The molecule has 15 heavy (non-hydrogen) atoms. The minimum Gasteiger partial charge on any atom is -0.378 e. The van der Waals surface area contributed by atoms with Crippen molar-refractivity contribution in [2.24, 2.45) is 0 Å². The van der Waals surface area contributed by atoms with Crippen LogP contribution in [0.2, 0.25) is 5.15 Å². The first-order valence-electron chi connectivity index (χ1n) is 5.25. The molecule has 1 aliphatic heterocycles. The molecule has 0 aliphatic carbocycles. The average Bonchev–Trinajstić information content (AvgIpc) is 2.61. The lowest BCUT2D eigenvalue weighted by Gasteiger charge is -2.29. The number of imidazole rings is 1. The smallest absolute Gasteiger partial charge is 0.207 e. The summed E-state index contributed by atoms with van der Waals surface area (Å²) in [7, 11) is 0. The lowest BCUT2D eigenvalue weighted by molar-refractivity contribution is 0.121. The van der Waals surface area contributed by atoms with Gasteiger partial charge in [0.15, 0.2) is 0 Å². The molecule has 0 saturated carbocycles. The van der Waals surface area contributed by atoms with Crippen molar-refractivity contribution in [2.75, 3.05) is 31.2 Å². The quantitative estimate of drug-likeness (QED) is 0.777. The first kappa shape index (κ1) is 10.8. The Hall–Kier alpha value is -0.740. The largest absolute Gasteiger partial charge is 0.378 e. The molecule has 1 aromatic rings. The van der Waals surface area contributed by atoms with Crippen molar-refractivity contribution >= 4 is 17.5 Å². The molecule has 1 aromatic heterocycles. The maximum absolute atomic E-state index is 6.10. The Bertz CT molecular complexity index is 331. The fourth-order valence-electron chi connectivity index (χ4n) is 1.81. The molecule has 0 atom stereocenters. The van der Waals surface area contributed by atoms with E-state index in [0.717, 1.165) is 32.3 Å². The van der Waals surface area contributed by atoms with Crippen molar-refractivity contribution in [3.8, 4) is 0 Å². The summed E-state index contributed by atoms with van der Waals surface area (Å²) in [6.45, 7) is 7.53. The molecule has 84 valence electrons. The number of rotatable bonds is 2. The van der Waals surface area contributed by atoms with Crippen LogP contribution in [-0.2, 0) is 4.74 Å². The van der Waals surface area contributed by atoms with Crippen molar-refractivity contribution < 1.29 is 4.74 Å². The van der Waals surface area contributed by atoms with Crippen molar-refractivity contribution in [1.29, 1.82) is 0 Å². The predicted octanol–water partition coefficient (Wildman–Crippen LogP) is 1.95. The monoisotopic (exact) mass is 229 g/mol. The highest BCUT2D eigenvalue weighted by Crippen LogP contribution is 2.24. The van der Waals surface area contributed by atoms with Gasteiger partial charge in [-0.1, -0.05) is 11.6 Å². The minimum atomic E-state index is 0.331. The summed E-state index contributed by atoms with van der Waals surface area (Å²) in [5, 5.41) is 0.700. The Morgan fingerprint density at radius 2 is 2.07 bits per heavy atom. The van der Waals surface area contributed by atoms with Crippen molar-refractivity contribution in [1.82, 2.24) is 9.55 Å². The third-order valence-electron chi connectivity index (χ3n) is 2.54. The van der Waals surface area contributed by atoms with Crippen LogP contribution in [0.4, 0.5) is 5.95 Å². The van der Waals surface area contributed by atoms with Gasteiger partial charge in [0.2, 0.25) is 5.95 Å². The molecule has 1 saturated heterocycles. The molecule has 4 nitrogen and oxygen atoms in total.